The zero-order chi connectivity index (χ0) is 12.1. The minimum Gasteiger partial charge on any atom is -0.464 e. The summed E-state index contributed by atoms with van der Waals surface area (Å²) in [6, 6.07) is 4.57. The molecule has 0 radical (unpaired) electrons. The van der Waals surface area contributed by atoms with Crippen LogP contribution in [0.3, 0.4) is 0 Å². The van der Waals surface area contributed by atoms with Gasteiger partial charge in [0, 0.05) is 32.6 Å². The maximum atomic E-state index is 5.89. The Hall–Kier alpha value is -0.480. The molecule has 1 saturated heterocycles. The van der Waals surface area contributed by atoms with Crippen LogP contribution < -0.4 is 5.32 Å². The highest BCUT2D eigenvalue weighted by molar-refractivity contribution is 5.85. The fraction of sp³-hybridized carbons (Fsp3) is 0.571. The Labute approximate surface area is 128 Å². The van der Waals surface area contributed by atoms with Gasteiger partial charge in [-0.3, -0.25) is 4.90 Å². The highest BCUT2D eigenvalue weighted by Gasteiger charge is 2.23. The zero-order valence-corrected chi connectivity index (χ0v) is 13.1. The predicted molar refractivity (Wildman–Crippen MR) is 84.6 cm³/mol. The van der Waals surface area contributed by atoms with Crippen LogP contribution in [-0.2, 0) is 6.42 Å². The number of hydrogen-bond acceptors (Lipinski definition) is 3. The maximum absolute atomic E-state index is 5.89. The summed E-state index contributed by atoms with van der Waals surface area (Å²) in [5.41, 5.74) is 0. The first-order valence-electron chi connectivity index (χ1n) is 6.49. The van der Waals surface area contributed by atoms with E-state index in [2.05, 4.69) is 35.9 Å². The van der Waals surface area contributed by atoms with Gasteiger partial charge in [0.15, 0.2) is 0 Å². The van der Waals surface area contributed by atoms with Crippen LogP contribution in [0.1, 0.15) is 30.9 Å². The number of hydrogen-bond donors (Lipinski definition) is 1. The van der Waals surface area contributed by atoms with E-state index in [0.29, 0.717) is 6.04 Å². The van der Waals surface area contributed by atoms with Crippen LogP contribution in [0.15, 0.2) is 29.2 Å². The molecule has 110 valence electrons. The Bertz CT molecular complexity index is 362. The molecule has 0 unspecified atom stereocenters. The summed E-state index contributed by atoms with van der Waals surface area (Å²) < 4.78 is 5.89. The van der Waals surface area contributed by atoms with E-state index in [0.717, 1.165) is 50.5 Å². The summed E-state index contributed by atoms with van der Waals surface area (Å²) >= 11 is 0. The molecule has 1 aromatic heterocycles. The summed E-state index contributed by atoms with van der Waals surface area (Å²) in [7, 11) is 0. The van der Waals surface area contributed by atoms with Gasteiger partial charge in [0.25, 0.3) is 0 Å². The molecular weight excluding hydrogens is 283 g/mol. The molecule has 2 heterocycles. The molecule has 1 fully saturated rings. The largest absolute Gasteiger partial charge is 0.464 e. The van der Waals surface area contributed by atoms with Crippen molar-refractivity contribution in [3.63, 3.8) is 0 Å². The van der Waals surface area contributed by atoms with Crippen LogP contribution in [-0.4, -0.2) is 31.1 Å². The van der Waals surface area contributed by atoms with E-state index in [-0.39, 0.29) is 24.8 Å². The molecule has 1 aromatic rings. The van der Waals surface area contributed by atoms with E-state index in [1.807, 2.05) is 6.08 Å². The molecule has 19 heavy (non-hydrogen) atoms. The first kappa shape index (κ1) is 18.5. The third-order valence-corrected chi connectivity index (χ3v) is 3.34. The lowest BCUT2D eigenvalue weighted by Gasteiger charge is -2.33. The van der Waals surface area contributed by atoms with Crippen molar-refractivity contribution >= 4 is 24.8 Å². The van der Waals surface area contributed by atoms with E-state index < -0.39 is 0 Å². The van der Waals surface area contributed by atoms with Crippen LogP contribution >= 0.6 is 24.8 Å². The van der Waals surface area contributed by atoms with Gasteiger partial charge in [-0.15, -0.1) is 31.4 Å². The van der Waals surface area contributed by atoms with Crippen molar-refractivity contribution in [1.29, 1.82) is 0 Å². The molecule has 1 N–H and O–H groups in total. The molecule has 5 heteroatoms. The standard InChI is InChI=1S/C14H22N2O.2ClH/c1-3-5-13(16-10-8-15-9-11-16)14-7-6-12(4-2)17-14;;/h3,6-7,13,15H,1,4-5,8-11H2,2H3;2*1H/t13-;;/m0../s1. The van der Waals surface area contributed by atoms with Gasteiger partial charge in [0.05, 0.1) is 6.04 Å². The molecule has 1 atom stereocenters. The van der Waals surface area contributed by atoms with Gasteiger partial charge in [-0.2, -0.15) is 0 Å². The summed E-state index contributed by atoms with van der Waals surface area (Å²) in [5, 5.41) is 3.38. The minimum atomic E-state index is 0. The summed E-state index contributed by atoms with van der Waals surface area (Å²) in [5.74, 6) is 2.16. The summed E-state index contributed by atoms with van der Waals surface area (Å²) in [4.78, 5) is 2.48. The van der Waals surface area contributed by atoms with Crippen LogP contribution in [0, 0.1) is 0 Å². The van der Waals surface area contributed by atoms with E-state index >= 15 is 0 Å². The van der Waals surface area contributed by atoms with E-state index in [9.17, 15) is 0 Å². The lowest BCUT2D eigenvalue weighted by molar-refractivity contribution is 0.154. The first-order chi connectivity index (χ1) is 8.35. The van der Waals surface area contributed by atoms with Gasteiger partial charge in [0.1, 0.15) is 11.5 Å². The molecule has 0 saturated carbocycles. The number of nitrogens with zero attached hydrogens (tertiary/aromatic N) is 1. The molecular formula is C14H24Cl2N2O. The molecule has 0 amide bonds. The van der Waals surface area contributed by atoms with Crippen molar-refractivity contribution < 1.29 is 4.42 Å². The number of nitrogens with one attached hydrogen (secondary N) is 1. The van der Waals surface area contributed by atoms with E-state index in [4.69, 9.17) is 4.42 Å². The number of furan rings is 1. The average Bonchev–Trinajstić information content (AvgIpc) is 2.85. The van der Waals surface area contributed by atoms with Crippen LogP contribution in [0.25, 0.3) is 0 Å². The third-order valence-electron chi connectivity index (χ3n) is 3.34. The fourth-order valence-corrected chi connectivity index (χ4v) is 2.36. The van der Waals surface area contributed by atoms with Gasteiger partial charge < -0.3 is 9.73 Å². The molecule has 0 aliphatic carbocycles. The van der Waals surface area contributed by atoms with Crippen LogP contribution in [0.5, 0.6) is 0 Å². The lowest BCUT2D eigenvalue weighted by atomic mass is 10.1. The summed E-state index contributed by atoms with van der Waals surface area (Å²) in [6.07, 6.45) is 3.90. The van der Waals surface area contributed by atoms with Crippen molar-refractivity contribution in [3.8, 4) is 0 Å². The topological polar surface area (TPSA) is 28.4 Å². The number of rotatable bonds is 5. The van der Waals surface area contributed by atoms with Crippen molar-refractivity contribution in [2.75, 3.05) is 26.2 Å². The van der Waals surface area contributed by atoms with E-state index in [1.165, 1.54) is 0 Å². The van der Waals surface area contributed by atoms with Gasteiger partial charge in [-0.1, -0.05) is 13.0 Å². The van der Waals surface area contributed by atoms with Crippen LogP contribution in [0.4, 0.5) is 0 Å². The van der Waals surface area contributed by atoms with Gasteiger partial charge in [-0.25, -0.2) is 0 Å². The van der Waals surface area contributed by atoms with Gasteiger partial charge in [-0.05, 0) is 18.6 Å². The minimum absolute atomic E-state index is 0. The lowest BCUT2D eigenvalue weighted by Crippen LogP contribution is -2.45. The number of piperazine rings is 1. The predicted octanol–water partition coefficient (Wildman–Crippen LogP) is 3.21. The monoisotopic (exact) mass is 306 g/mol. The number of halogens is 2. The molecule has 1 aliphatic heterocycles. The molecule has 0 spiro atoms. The molecule has 0 bridgehead atoms. The first-order valence-corrected chi connectivity index (χ1v) is 6.49. The van der Waals surface area contributed by atoms with Gasteiger partial charge in [0.2, 0.25) is 0 Å². The van der Waals surface area contributed by atoms with Gasteiger partial charge >= 0.3 is 0 Å². The second kappa shape index (κ2) is 9.43. The Balaban J connectivity index is 0.00000162. The third kappa shape index (κ3) is 4.84. The Kier molecular flexibility index (Phi) is 9.19. The molecule has 1 aliphatic rings. The van der Waals surface area contributed by atoms with Crippen molar-refractivity contribution in [2.45, 2.75) is 25.8 Å². The van der Waals surface area contributed by atoms with Crippen molar-refractivity contribution in [3.05, 3.63) is 36.3 Å². The fourth-order valence-electron chi connectivity index (χ4n) is 2.36. The SMILES string of the molecule is C=CC[C@@H](c1ccc(CC)o1)N1CCNCC1.Cl.Cl. The Morgan fingerprint density at radius 2 is 2.05 bits per heavy atom. The number of aryl methyl sites for hydroxylation is 1. The quantitative estimate of drug-likeness (QED) is 0.847. The Morgan fingerprint density at radius 1 is 1.37 bits per heavy atom. The van der Waals surface area contributed by atoms with Crippen LogP contribution in [0.2, 0.25) is 0 Å². The van der Waals surface area contributed by atoms with Crippen molar-refractivity contribution in [2.24, 2.45) is 0 Å². The Morgan fingerprint density at radius 3 is 2.58 bits per heavy atom. The summed E-state index contributed by atoms with van der Waals surface area (Å²) in [6.45, 7) is 10.3. The highest BCUT2D eigenvalue weighted by atomic mass is 35.5. The van der Waals surface area contributed by atoms with Crippen molar-refractivity contribution in [1.82, 2.24) is 10.2 Å². The highest BCUT2D eigenvalue weighted by Crippen LogP contribution is 2.26. The smallest absolute Gasteiger partial charge is 0.121 e. The zero-order valence-electron chi connectivity index (χ0n) is 11.4. The molecule has 0 aromatic carbocycles. The average molecular weight is 307 g/mol. The second-order valence-electron chi connectivity index (χ2n) is 4.48. The second-order valence-corrected chi connectivity index (χ2v) is 4.48. The molecule has 2 rings (SSSR count). The maximum Gasteiger partial charge on any atom is 0.121 e. The molecule has 3 nitrogen and oxygen atoms in total. The van der Waals surface area contributed by atoms with E-state index in [1.54, 1.807) is 0 Å². The normalized spacial score (nSPS) is 17.1.